The number of nitrogens with zero attached hydrogens (tertiary/aromatic N) is 1. The summed E-state index contributed by atoms with van der Waals surface area (Å²) in [5.74, 6) is 1.02. The van der Waals surface area contributed by atoms with Gasteiger partial charge in [0.1, 0.15) is 0 Å². The topological polar surface area (TPSA) is 85.8 Å². The van der Waals surface area contributed by atoms with Crippen LogP contribution in [-0.2, 0) is 4.79 Å². The number of fused-ring (bicyclic) bond motifs is 1. The summed E-state index contributed by atoms with van der Waals surface area (Å²) in [5, 5.41) is 18.5. The van der Waals surface area contributed by atoms with Crippen LogP contribution in [0.15, 0.2) is 29.3 Å². The van der Waals surface area contributed by atoms with Crippen LogP contribution in [-0.4, -0.2) is 43.2 Å². The van der Waals surface area contributed by atoms with Crippen LogP contribution in [0.2, 0.25) is 0 Å². The van der Waals surface area contributed by atoms with Crippen molar-refractivity contribution in [2.45, 2.75) is 26.2 Å². The SMILES string of the molecule is CCNC(=NCC(C)CO)NCC1CC(=O)Nc2ccccc21.I. The van der Waals surface area contributed by atoms with E-state index < -0.39 is 0 Å². The predicted molar refractivity (Wildman–Crippen MR) is 108 cm³/mol. The molecule has 4 N–H and O–H groups in total. The molecule has 24 heavy (non-hydrogen) atoms. The molecular formula is C17H27IN4O2. The van der Waals surface area contributed by atoms with Gasteiger partial charge in [-0.25, -0.2) is 0 Å². The molecule has 1 amide bonds. The number of anilines is 1. The molecule has 0 spiro atoms. The first-order valence-electron chi connectivity index (χ1n) is 8.15. The Morgan fingerprint density at radius 3 is 2.88 bits per heavy atom. The highest BCUT2D eigenvalue weighted by atomic mass is 127. The number of amides is 1. The molecule has 6 nitrogen and oxygen atoms in total. The van der Waals surface area contributed by atoms with Crippen LogP contribution in [0.4, 0.5) is 5.69 Å². The molecule has 2 rings (SSSR count). The lowest BCUT2D eigenvalue weighted by atomic mass is 9.90. The molecule has 1 aromatic rings. The monoisotopic (exact) mass is 446 g/mol. The molecule has 1 heterocycles. The molecule has 0 saturated heterocycles. The smallest absolute Gasteiger partial charge is 0.225 e. The van der Waals surface area contributed by atoms with E-state index >= 15 is 0 Å². The van der Waals surface area contributed by atoms with Gasteiger partial charge in [0.15, 0.2) is 5.96 Å². The van der Waals surface area contributed by atoms with E-state index in [9.17, 15) is 4.79 Å². The average Bonchev–Trinajstić information content (AvgIpc) is 2.56. The number of aliphatic hydroxyl groups is 1. The second-order valence-electron chi connectivity index (χ2n) is 5.92. The second kappa shape index (κ2) is 10.5. The highest BCUT2D eigenvalue weighted by Crippen LogP contribution is 2.31. The maximum Gasteiger partial charge on any atom is 0.225 e. The van der Waals surface area contributed by atoms with E-state index in [0.29, 0.717) is 19.5 Å². The first kappa shape index (κ1) is 20.7. The molecule has 1 aromatic carbocycles. The Morgan fingerprint density at radius 1 is 1.42 bits per heavy atom. The minimum atomic E-state index is 0. The third-order valence-electron chi connectivity index (χ3n) is 3.84. The molecule has 0 aromatic heterocycles. The van der Waals surface area contributed by atoms with E-state index in [1.54, 1.807) is 0 Å². The standard InChI is InChI=1S/C17H26N4O2.HI/c1-3-18-17(19-9-12(2)11-22)20-10-13-8-16(23)21-15-7-5-4-6-14(13)15;/h4-7,12-13,22H,3,8-11H2,1-2H3,(H,21,23)(H2,18,19,20);1H. The van der Waals surface area contributed by atoms with Crippen molar-refractivity contribution in [3.05, 3.63) is 29.8 Å². The number of aliphatic imine (C=N–C) groups is 1. The van der Waals surface area contributed by atoms with Gasteiger partial charge in [0.05, 0.1) is 0 Å². The van der Waals surface area contributed by atoms with Gasteiger partial charge in [-0.05, 0) is 24.5 Å². The van der Waals surface area contributed by atoms with Crippen molar-refractivity contribution in [1.82, 2.24) is 10.6 Å². The summed E-state index contributed by atoms with van der Waals surface area (Å²) in [7, 11) is 0. The lowest BCUT2D eigenvalue weighted by Crippen LogP contribution is -2.41. The zero-order valence-electron chi connectivity index (χ0n) is 14.2. The summed E-state index contributed by atoms with van der Waals surface area (Å²) in [6.45, 7) is 6.06. The molecule has 1 aliphatic rings. The molecule has 1 aliphatic heterocycles. The molecule has 7 heteroatoms. The number of hydrogen-bond donors (Lipinski definition) is 4. The third kappa shape index (κ3) is 5.94. The Labute approximate surface area is 160 Å². The predicted octanol–water partition coefficient (Wildman–Crippen LogP) is 1.91. The van der Waals surface area contributed by atoms with E-state index in [1.165, 1.54) is 0 Å². The third-order valence-corrected chi connectivity index (χ3v) is 3.84. The first-order chi connectivity index (χ1) is 11.1. The van der Waals surface area contributed by atoms with Crippen molar-refractivity contribution < 1.29 is 9.90 Å². The van der Waals surface area contributed by atoms with Crippen molar-refractivity contribution in [3.8, 4) is 0 Å². The zero-order chi connectivity index (χ0) is 16.7. The van der Waals surface area contributed by atoms with E-state index in [4.69, 9.17) is 5.11 Å². The van der Waals surface area contributed by atoms with Crippen LogP contribution in [0.3, 0.4) is 0 Å². The van der Waals surface area contributed by atoms with Gasteiger partial charge < -0.3 is 21.1 Å². The molecule has 2 unspecified atom stereocenters. The van der Waals surface area contributed by atoms with Gasteiger partial charge in [-0.3, -0.25) is 9.79 Å². The van der Waals surface area contributed by atoms with Crippen molar-refractivity contribution in [3.63, 3.8) is 0 Å². The van der Waals surface area contributed by atoms with Crippen LogP contribution in [0.1, 0.15) is 31.7 Å². The molecule has 0 bridgehead atoms. The van der Waals surface area contributed by atoms with Crippen LogP contribution in [0.25, 0.3) is 0 Å². The maximum absolute atomic E-state index is 11.8. The lowest BCUT2D eigenvalue weighted by molar-refractivity contribution is -0.116. The van der Waals surface area contributed by atoms with E-state index in [0.717, 1.165) is 23.8 Å². The van der Waals surface area contributed by atoms with Gasteiger partial charge in [-0.2, -0.15) is 0 Å². The number of hydrogen-bond acceptors (Lipinski definition) is 3. The summed E-state index contributed by atoms with van der Waals surface area (Å²) >= 11 is 0. The number of nitrogens with one attached hydrogen (secondary N) is 3. The minimum Gasteiger partial charge on any atom is -0.396 e. The lowest BCUT2D eigenvalue weighted by Gasteiger charge is -2.26. The van der Waals surface area contributed by atoms with Crippen LogP contribution in [0, 0.1) is 5.92 Å². The van der Waals surface area contributed by atoms with Crippen LogP contribution in [0.5, 0.6) is 0 Å². The molecular weight excluding hydrogens is 419 g/mol. The number of rotatable bonds is 6. The fraction of sp³-hybridized carbons (Fsp3) is 0.529. The summed E-state index contributed by atoms with van der Waals surface area (Å²) < 4.78 is 0. The summed E-state index contributed by atoms with van der Waals surface area (Å²) in [6, 6.07) is 7.91. The Kier molecular flexibility index (Phi) is 9.05. The molecule has 0 saturated carbocycles. The summed E-state index contributed by atoms with van der Waals surface area (Å²) in [6.07, 6.45) is 0.469. The zero-order valence-corrected chi connectivity index (χ0v) is 16.5. The quantitative estimate of drug-likeness (QED) is 0.306. The Balaban J connectivity index is 0.00000288. The fourth-order valence-corrected chi connectivity index (χ4v) is 2.55. The van der Waals surface area contributed by atoms with Crippen molar-refractivity contribution in [2.24, 2.45) is 10.9 Å². The number of carbonyl (C=O) groups is 1. The molecule has 134 valence electrons. The van der Waals surface area contributed by atoms with Gasteiger partial charge in [0, 0.05) is 44.3 Å². The van der Waals surface area contributed by atoms with Gasteiger partial charge >= 0.3 is 0 Å². The van der Waals surface area contributed by atoms with E-state index in [2.05, 4.69) is 27.0 Å². The van der Waals surface area contributed by atoms with Crippen molar-refractivity contribution >= 4 is 41.5 Å². The molecule has 0 aliphatic carbocycles. The largest absolute Gasteiger partial charge is 0.396 e. The molecule has 0 fully saturated rings. The maximum atomic E-state index is 11.8. The van der Waals surface area contributed by atoms with Crippen LogP contribution < -0.4 is 16.0 Å². The van der Waals surface area contributed by atoms with Crippen molar-refractivity contribution in [2.75, 3.05) is 31.6 Å². The van der Waals surface area contributed by atoms with Gasteiger partial charge in [0.25, 0.3) is 0 Å². The van der Waals surface area contributed by atoms with Gasteiger partial charge in [-0.1, -0.05) is 25.1 Å². The Morgan fingerprint density at radius 2 is 2.17 bits per heavy atom. The summed E-state index contributed by atoms with van der Waals surface area (Å²) in [5.41, 5.74) is 2.05. The number of guanidine groups is 1. The average molecular weight is 446 g/mol. The highest BCUT2D eigenvalue weighted by molar-refractivity contribution is 14.0. The molecule has 2 atom stereocenters. The first-order valence-corrected chi connectivity index (χ1v) is 8.15. The van der Waals surface area contributed by atoms with Gasteiger partial charge in [-0.15, -0.1) is 24.0 Å². The number of para-hydroxylation sites is 1. The number of halogens is 1. The number of aliphatic hydroxyl groups excluding tert-OH is 1. The summed E-state index contributed by atoms with van der Waals surface area (Å²) in [4.78, 5) is 16.3. The Bertz CT molecular complexity index is 565. The van der Waals surface area contributed by atoms with Crippen LogP contribution >= 0.6 is 24.0 Å². The van der Waals surface area contributed by atoms with Crippen molar-refractivity contribution in [1.29, 1.82) is 0 Å². The number of carbonyl (C=O) groups excluding carboxylic acids is 1. The second-order valence-corrected chi connectivity index (χ2v) is 5.92. The van der Waals surface area contributed by atoms with E-state index in [1.807, 2.05) is 32.0 Å². The highest BCUT2D eigenvalue weighted by Gasteiger charge is 2.24. The fourth-order valence-electron chi connectivity index (χ4n) is 2.55. The minimum absolute atomic E-state index is 0. The number of benzene rings is 1. The molecule has 0 radical (unpaired) electrons. The van der Waals surface area contributed by atoms with Gasteiger partial charge in [0.2, 0.25) is 5.91 Å². The van der Waals surface area contributed by atoms with E-state index in [-0.39, 0.29) is 48.3 Å². The normalized spacial score (nSPS) is 18.0. The Hall–Kier alpha value is -1.35.